The Labute approximate surface area is 123 Å². The van der Waals surface area contributed by atoms with Crippen molar-refractivity contribution in [3.05, 3.63) is 29.8 Å². The molecule has 0 aliphatic carbocycles. The lowest BCUT2D eigenvalue weighted by atomic mass is 9.80. The minimum atomic E-state index is -0.0441. The minimum absolute atomic E-state index is 0.0441. The largest absolute Gasteiger partial charge is 0.465 e. The van der Waals surface area contributed by atoms with Gasteiger partial charge in [-0.15, -0.1) is 0 Å². The molecule has 112 valence electrons. The molecule has 2 atom stereocenters. The second kappa shape index (κ2) is 6.62. The summed E-state index contributed by atoms with van der Waals surface area (Å²) in [6.07, 6.45) is 4.46. The average molecular weight is 276 g/mol. The third-order valence-corrected chi connectivity index (χ3v) is 3.86. The molecule has 2 unspecified atom stereocenters. The standard InChI is InChI=1S/C18H28O2/c1-5-14(13-18(2,3)4)15-8-10-16(11-9-15)20-17-7-6-12-19-17/h8-11,14,17H,5-7,12-13H2,1-4H3. The van der Waals surface area contributed by atoms with E-state index in [1.807, 2.05) is 0 Å². The molecule has 1 aromatic carbocycles. The molecule has 0 radical (unpaired) electrons. The van der Waals surface area contributed by atoms with Gasteiger partial charge in [-0.3, -0.25) is 0 Å². The number of hydrogen-bond donors (Lipinski definition) is 0. The fourth-order valence-corrected chi connectivity index (χ4v) is 2.85. The van der Waals surface area contributed by atoms with Crippen molar-refractivity contribution < 1.29 is 9.47 Å². The van der Waals surface area contributed by atoms with Gasteiger partial charge in [0.05, 0.1) is 6.61 Å². The lowest BCUT2D eigenvalue weighted by molar-refractivity contribution is -0.0390. The van der Waals surface area contributed by atoms with Crippen molar-refractivity contribution in [2.45, 2.75) is 65.6 Å². The summed E-state index contributed by atoms with van der Waals surface area (Å²) in [5.41, 5.74) is 1.79. The van der Waals surface area contributed by atoms with E-state index in [0.29, 0.717) is 11.3 Å². The molecule has 0 saturated carbocycles. The van der Waals surface area contributed by atoms with E-state index in [1.54, 1.807) is 0 Å². The van der Waals surface area contributed by atoms with Crippen LogP contribution in [0.5, 0.6) is 5.75 Å². The van der Waals surface area contributed by atoms with Crippen LogP contribution in [0.25, 0.3) is 0 Å². The van der Waals surface area contributed by atoms with Crippen molar-refractivity contribution in [3.8, 4) is 5.75 Å². The molecule has 0 spiro atoms. The van der Waals surface area contributed by atoms with E-state index in [2.05, 4.69) is 52.0 Å². The first kappa shape index (κ1) is 15.4. The van der Waals surface area contributed by atoms with Crippen LogP contribution in [0.15, 0.2) is 24.3 Å². The van der Waals surface area contributed by atoms with Crippen LogP contribution in [0.4, 0.5) is 0 Å². The molecule has 0 amide bonds. The van der Waals surface area contributed by atoms with Crippen molar-refractivity contribution in [2.75, 3.05) is 6.61 Å². The molecule has 1 aromatic rings. The Hall–Kier alpha value is -1.02. The van der Waals surface area contributed by atoms with Crippen LogP contribution in [0.2, 0.25) is 0 Å². The SMILES string of the molecule is CCC(CC(C)(C)C)c1ccc(OC2CCCO2)cc1. The number of benzene rings is 1. The van der Waals surface area contributed by atoms with Crippen LogP contribution >= 0.6 is 0 Å². The van der Waals surface area contributed by atoms with Gasteiger partial charge in [-0.1, -0.05) is 39.8 Å². The van der Waals surface area contributed by atoms with Gasteiger partial charge in [0.2, 0.25) is 0 Å². The van der Waals surface area contributed by atoms with Crippen LogP contribution < -0.4 is 4.74 Å². The molecule has 1 saturated heterocycles. The number of ether oxygens (including phenoxy) is 2. The van der Waals surface area contributed by atoms with Gasteiger partial charge >= 0.3 is 0 Å². The molecule has 1 aliphatic heterocycles. The van der Waals surface area contributed by atoms with Crippen LogP contribution in [0.1, 0.15) is 64.9 Å². The van der Waals surface area contributed by atoms with Gasteiger partial charge in [-0.25, -0.2) is 0 Å². The quantitative estimate of drug-likeness (QED) is 0.742. The van der Waals surface area contributed by atoms with E-state index in [0.717, 1.165) is 25.2 Å². The summed E-state index contributed by atoms with van der Waals surface area (Å²) in [5, 5.41) is 0. The highest BCUT2D eigenvalue weighted by atomic mass is 16.7. The molecular formula is C18H28O2. The molecule has 2 rings (SSSR count). The molecule has 20 heavy (non-hydrogen) atoms. The molecule has 0 N–H and O–H groups in total. The first-order valence-electron chi connectivity index (χ1n) is 7.86. The van der Waals surface area contributed by atoms with E-state index in [9.17, 15) is 0 Å². The Morgan fingerprint density at radius 3 is 2.45 bits per heavy atom. The summed E-state index contributed by atoms with van der Waals surface area (Å²) in [6, 6.07) is 8.60. The number of hydrogen-bond acceptors (Lipinski definition) is 2. The van der Waals surface area contributed by atoms with Crippen molar-refractivity contribution in [1.29, 1.82) is 0 Å². The maximum Gasteiger partial charge on any atom is 0.199 e. The van der Waals surface area contributed by atoms with Gasteiger partial charge in [0.1, 0.15) is 5.75 Å². The predicted octanol–water partition coefficient (Wildman–Crippen LogP) is 5.13. The fourth-order valence-electron chi connectivity index (χ4n) is 2.85. The van der Waals surface area contributed by atoms with E-state index in [1.165, 1.54) is 18.4 Å². The van der Waals surface area contributed by atoms with Crippen LogP contribution in [0.3, 0.4) is 0 Å². The molecule has 2 heteroatoms. The van der Waals surface area contributed by atoms with Crippen molar-refractivity contribution in [3.63, 3.8) is 0 Å². The zero-order chi connectivity index (χ0) is 14.6. The molecule has 1 fully saturated rings. The van der Waals surface area contributed by atoms with Crippen molar-refractivity contribution in [2.24, 2.45) is 5.41 Å². The second-order valence-electron chi connectivity index (χ2n) is 7.00. The van der Waals surface area contributed by atoms with Crippen LogP contribution in [-0.2, 0) is 4.74 Å². The summed E-state index contributed by atoms with van der Waals surface area (Å²) in [4.78, 5) is 0. The highest BCUT2D eigenvalue weighted by Gasteiger charge is 2.20. The smallest absolute Gasteiger partial charge is 0.199 e. The van der Waals surface area contributed by atoms with Gasteiger partial charge < -0.3 is 9.47 Å². The molecule has 2 nitrogen and oxygen atoms in total. The van der Waals surface area contributed by atoms with E-state index in [-0.39, 0.29) is 6.29 Å². The lowest BCUT2D eigenvalue weighted by Crippen LogP contribution is -2.14. The predicted molar refractivity (Wildman–Crippen MR) is 83.1 cm³/mol. The van der Waals surface area contributed by atoms with E-state index < -0.39 is 0 Å². The second-order valence-corrected chi connectivity index (χ2v) is 7.00. The molecule has 0 bridgehead atoms. The average Bonchev–Trinajstić information content (AvgIpc) is 2.89. The fraction of sp³-hybridized carbons (Fsp3) is 0.667. The highest BCUT2D eigenvalue weighted by Crippen LogP contribution is 2.34. The van der Waals surface area contributed by atoms with Gasteiger partial charge in [0.15, 0.2) is 6.29 Å². The summed E-state index contributed by atoms with van der Waals surface area (Å²) in [7, 11) is 0. The third kappa shape index (κ3) is 4.52. The Balaban J connectivity index is 1.98. The first-order valence-corrected chi connectivity index (χ1v) is 7.86. The lowest BCUT2D eigenvalue weighted by Gasteiger charge is -2.25. The zero-order valence-electron chi connectivity index (χ0n) is 13.3. The Morgan fingerprint density at radius 1 is 1.25 bits per heavy atom. The third-order valence-electron chi connectivity index (χ3n) is 3.86. The summed E-state index contributed by atoms with van der Waals surface area (Å²) in [6.45, 7) is 10.0. The normalized spacial score (nSPS) is 20.9. The van der Waals surface area contributed by atoms with Crippen LogP contribution in [-0.4, -0.2) is 12.9 Å². The molecule has 1 aliphatic rings. The minimum Gasteiger partial charge on any atom is -0.465 e. The topological polar surface area (TPSA) is 18.5 Å². The van der Waals surface area contributed by atoms with Gasteiger partial charge in [0.25, 0.3) is 0 Å². The van der Waals surface area contributed by atoms with Gasteiger partial charge in [0, 0.05) is 6.42 Å². The maximum absolute atomic E-state index is 5.82. The Morgan fingerprint density at radius 2 is 1.95 bits per heavy atom. The van der Waals surface area contributed by atoms with Crippen molar-refractivity contribution in [1.82, 2.24) is 0 Å². The highest BCUT2D eigenvalue weighted by molar-refractivity contribution is 5.29. The zero-order valence-corrected chi connectivity index (χ0v) is 13.3. The molecule has 1 heterocycles. The number of rotatable bonds is 5. The Kier molecular flexibility index (Phi) is 5.09. The van der Waals surface area contributed by atoms with Gasteiger partial charge in [-0.05, 0) is 48.3 Å². The molecule has 0 aromatic heterocycles. The maximum atomic E-state index is 5.82. The van der Waals surface area contributed by atoms with E-state index in [4.69, 9.17) is 9.47 Å². The van der Waals surface area contributed by atoms with Gasteiger partial charge in [-0.2, -0.15) is 0 Å². The monoisotopic (exact) mass is 276 g/mol. The summed E-state index contributed by atoms with van der Waals surface area (Å²) < 4.78 is 11.3. The summed E-state index contributed by atoms with van der Waals surface area (Å²) >= 11 is 0. The van der Waals surface area contributed by atoms with Crippen LogP contribution in [0, 0.1) is 5.41 Å². The molecular weight excluding hydrogens is 248 g/mol. The van der Waals surface area contributed by atoms with Crippen molar-refractivity contribution >= 4 is 0 Å². The van der Waals surface area contributed by atoms with E-state index >= 15 is 0 Å². The summed E-state index contributed by atoms with van der Waals surface area (Å²) in [5.74, 6) is 1.55. The Bertz CT molecular complexity index is 396. The first-order chi connectivity index (χ1) is 9.48.